The van der Waals surface area contributed by atoms with Crippen molar-refractivity contribution < 1.29 is 13.2 Å². The van der Waals surface area contributed by atoms with Crippen LogP contribution in [-0.2, 0) is 21.2 Å². The van der Waals surface area contributed by atoms with Crippen molar-refractivity contribution in [3.8, 4) is 0 Å². The molecule has 0 radical (unpaired) electrons. The first-order valence-corrected chi connectivity index (χ1v) is 11.3. The minimum Gasteiger partial charge on any atom is -0.359 e. The summed E-state index contributed by atoms with van der Waals surface area (Å²) in [6.45, 7) is 5.06. The van der Waals surface area contributed by atoms with E-state index in [9.17, 15) is 13.2 Å². The molecule has 158 valence electrons. The molecule has 0 unspecified atom stereocenters. The van der Waals surface area contributed by atoms with Crippen LogP contribution in [0.4, 0.5) is 0 Å². The molecule has 0 saturated carbocycles. The van der Waals surface area contributed by atoms with Crippen LogP contribution in [-0.4, -0.2) is 58.1 Å². The molecule has 0 bridgehead atoms. The van der Waals surface area contributed by atoms with Gasteiger partial charge in [0, 0.05) is 39.4 Å². The van der Waals surface area contributed by atoms with Crippen molar-refractivity contribution in [3.05, 3.63) is 29.8 Å². The normalized spacial score (nSPS) is 15.7. The standard InChI is InChI=1S/C19H30N4O3S.HI/c1-4-21-19(23-11-9-15(10-12-23)13-18(24)20-2)22-14-16-5-7-17(8-6-16)27(3,25)26;/h5-8,15H,4,9-14H2,1-3H3,(H,20,24)(H,21,22);1H. The number of aliphatic imine (C=N–C) groups is 1. The van der Waals surface area contributed by atoms with Gasteiger partial charge in [-0.1, -0.05) is 12.1 Å². The molecule has 0 aliphatic carbocycles. The monoisotopic (exact) mass is 522 g/mol. The number of hydrogen-bond donors (Lipinski definition) is 2. The van der Waals surface area contributed by atoms with Gasteiger partial charge in [-0.3, -0.25) is 4.79 Å². The van der Waals surface area contributed by atoms with Gasteiger partial charge < -0.3 is 15.5 Å². The van der Waals surface area contributed by atoms with Crippen molar-refractivity contribution in [2.24, 2.45) is 10.9 Å². The number of halogens is 1. The molecular formula is C19H31IN4O3S. The zero-order chi connectivity index (χ0) is 19.9. The van der Waals surface area contributed by atoms with E-state index in [4.69, 9.17) is 4.99 Å². The summed E-state index contributed by atoms with van der Waals surface area (Å²) in [4.78, 5) is 18.8. The molecule has 28 heavy (non-hydrogen) atoms. The number of piperidine rings is 1. The van der Waals surface area contributed by atoms with Crippen molar-refractivity contribution in [1.82, 2.24) is 15.5 Å². The number of sulfone groups is 1. The van der Waals surface area contributed by atoms with Gasteiger partial charge >= 0.3 is 0 Å². The minimum atomic E-state index is -3.18. The van der Waals surface area contributed by atoms with Crippen LogP contribution < -0.4 is 10.6 Å². The second-order valence-corrected chi connectivity index (χ2v) is 8.91. The van der Waals surface area contributed by atoms with Gasteiger partial charge in [0.2, 0.25) is 5.91 Å². The minimum absolute atomic E-state index is 0. The molecule has 1 fully saturated rings. The van der Waals surface area contributed by atoms with E-state index in [0.717, 1.165) is 44.0 Å². The van der Waals surface area contributed by atoms with E-state index in [1.54, 1.807) is 31.3 Å². The number of rotatable bonds is 6. The van der Waals surface area contributed by atoms with Crippen LogP contribution >= 0.6 is 24.0 Å². The molecule has 0 atom stereocenters. The Balaban J connectivity index is 0.00000392. The van der Waals surface area contributed by atoms with Crippen LogP contribution in [0, 0.1) is 5.92 Å². The number of likely N-dealkylation sites (tertiary alicyclic amines) is 1. The third-order valence-corrected chi connectivity index (χ3v) is 5.89. The lowest BCUT2D eigenvalue weighted by Crippen LogP contribution is -2.46. The number of hydrogen-bond acceptors (Lipinski definition) is 4. The lowest BCUT2D eigenvalue weighted by atomic mass is 9.93. The van der Waals surface area contributed by atoms with Crippen LogP contribution in [0.2, 0.25) is 0 Å². The highest BCUT2D eigenvalue weighted by atomic mass is 127. The molecule has 7 nitrogen and oxygen atoms in total. The van der Waals surface area contributed by atoms with Gasteiger partial charge in [0.15, 0.2) is 15.8 Å². The topological polar surface area (TPSA) is 90.9 Å². The Morgan fingerprint density at radius 2 is 1.82 bits per heavy atom. The van der Waals surface area contributed by atoms with Crippen LogP contribution in [0.3, 0.4) is 0 Å². The third-order valence-electron chi connectivity index (χ3n) is 4.76. The van der Waals surface area contributed by atoms with Crippen molar-refractivity contribution in [2.75, 3.05) is 32.9 Å². The molecule has 0 spiro atoms. The number of benzene rings is 1. The van der Waals surface area contributed by atoms with E-state index >= 15 is 0 Å². The van der Waals surface area contributed by atoms with Crippen LogP contribution in [0.25, 0.3) is 0 Å². The maximum absolute atomic E-state index is 11.5. The molecule has 1 aliphatic heterocycles. The molecule has 1 heterocycles. The number of guanidine groups is 1. The zero-order valence-corrected chi connectivity index (χ0v) is 19.9. The number of carbonyl (C=O) groups excluding carboxylic acids is 1. The summed E-state index contributed by atoms with van der Waals surface area (Å²) in [5.74, 6) is 1.39. The smallest absolute Gasteiger partial charge is 0.220 e. The third kappa shape index (κ3) is 7.57. The fourth-order valence-corrected chi connectivity index (χ4v) is 3.78. The molecule has 1 aromatic carbocycles. The predicted octanol–water partition coefficient (Wildman–Crippen LogP) is 2.02. The van der Waals surface area contributed by atoms with E-state index in [1.165, 1.54) is 6.26 Å². The molecule has 2 N–H and O–H groups in total. The Morgan fingerprint density at radius 1 is 1.21 bits per heavy atom. The predicted molar refractivity (Wildman–Crippen MR) is 123 cm³/mol. The summed E-state index contributed by atoms with van der Waals surface area (Å²) in [6, 6.07) is 6.85. The van der Waals surface area contributed by atoms with Crippen LogP contribution in [0.1, 0.15) is 31.7 Å². The summed E-state index contributed by atoms with van der Waals surface area (Å²) in [5, 5.41) is 6.02. The maximum atomic E-state index is 11.5. The SMILES string of the molecule is CCNC(=NCc1ccc(S(C)(=O)=O)cc1)N1CCC(CC(=O)NC)CC1.I. The highest BCUT2D eigenvalue weighted by molar-refractivity contribution is 14.0. The fourth-order valence-electron chi connectivity index (χ4n) is 3.15. The average molecular weight is 522 g/mol. The first kappa shape index (κ1) is 24.7. The lowest BCUT2D eigenvalue weighted by molar-refractivity contribution is -0.121. The van der Waals surface area contributed by atoms with Crippen molar-refractivity contribution in [1.29, 1.82) is 0 Å². The van der Waals surface area contributed by atoms with Crippen molar-refractivity contribution >= 4 is 45.7 Å². The molecule has 1 saturated heterocycles. The average Bonchev–Trinajstić information content (AvgIpc) is 2.65. The molecule has 9 heteroatoms. The lowest BCUT2D eigenvalue weighted by Gasteiger charge is -2.34. The Kier molecular flexibility index (Phi) is 10.2. The molecule has 1 aromatic rings. The Morgan fingerprint density at radius 3 is 2.32 bits per heavy atom. The fraction of sp³-hybridized carbons (Fsp3) is 0.579. The highest BCUT2D eigenvalue weighted by Gasteiger charge is 2.23. The van der Waals surface area contributed by atoms with Gasteiger partial charge in [-0.05, 0) is 43.4 Å². The van der Waals surface area contributed by atoms with E-state index in [2.05, 4.69) is 15.5 Å². The van der Waals surface area contributed by atoms with Gasteiger partial charge in [-0.15, -0.1) is 24.0 Å². The van der Waals surface area contributed by atoms with Gasteiger partial charge in [-0.25, -0.2) is 13.4 Å². The molecule has 2 rings (SSSR count). The number of nitrogens with one attached hydrogen (secondary N) is 2. The Bertz CT molecular complexity index is 758. The molecule has 1 aliphatic rings. The van der Waals surface area contributed by atoms with E-state index < -0.39 is 9.84 Å². The summed E-state index contributed by atoms with van der Waals surface area (Å²) in [6.07, 6.45) is 3.74. The van der Waals surface area contributed by atoms with Crippen molar-refractivity contribution in [2.45, 2.75) is 37.6 Å². The highest BCUT2D eigenvalue weighted by Crippen LogP contribution is 2.20. The second-order valence-electron chi connectivity index (χ2n) is 6.89. The number of amides is 1. The van der Waals surface area contributed by atoms with Gasteiger partial charge in [0.05, 0.1) is 11.4 Å². The Hall–Kier alpha value is -1.36. The Labute approximate surface area is 185 Å². The number of carbonyl (C=O) groups is 1. The van der Waals surface area contributed by atoms with Crippen LogP contribution in [0.15, 0.2) is 34.2 Å². The first-order valence-electron chi connectivity index (χ1n) is 9.36. The number of nitrogens with zero attached hydrogens (tertiary/aromatic N) is 2. The summed E-state index contributed by atoms with van der Waals surface area (Å²) in [5.41, 5.74) is 0.965. The molecule has 0 aromatic heterocycles. The van der Waals surface area contributed by atoms with E-state index in [-0.39, 0.29) is 29.9 Å². The quantitative estimate of drug-likeness (QED) is 0.339. The van der Waals surface area contributed by atoms with E-state index in [1.807, 2.05) is 6.92 Å². The van der Waals surface area contributed by atoms with Gasteiger partial charge in [-0.2, -0.15) is 0 Å². The largest absolute Gasteiger partial charge is 0.359 e. The summed E-state index contributed by atoms with van der Waals surface area (Å²) < 4.78 is 23.1. The molecule has 1 amide bonds. The maximum Gasteiger partial charge on any atom is 0.220 e. The van der Waals surface area contributed by atoms with Crippen molar-refractivity contribution in [3.63, 3.8) is 0 Å². The first-order chi connectivity index (χ1) is 12.8. The van der Waals surface area contributed by atoms with E-state index in [0.29, 0.717) is 23.8 Å². The zero-order valence-electron chi connectivity index (χ0n) is 16.8. The molecular weight excluding hydrogens is 491 g/mol. The van der Waals surface area contributed by atoms with Gasteiger partial charge in [0.1, 0.15) is 0 Å². The second kappa shape index (κ2) is 11.6. The summed E-state index contributed by atoms with van der Waals surface area (Å²) >= 11 is 0. The van der Waals surface area contributed by atoms with Crippen LogP contribution in [0.5, 0.6) is 0 Å². The summed E-state index contributed by atoms with van der Waals surface area (Å²) in [7, 11) is -1.50. The van der Waals surface area contributed by atoms with Gasteiger partial charge in [0.25, 0.3) is 0 Å².